The van der Waals surface area contributed by atoms with E-state index in [1.165, 1.54) is 0 Å². The number of anilines is 1. The highest BCUT2D eigenvalue weighted by molar-refractivity contribution is 9.10. The number of carbonyl (C=O) groups is 1. The number of hydrogen-bond acceptors (Lipinski definition) is 5. The van der Waals surface area contributed by atoms with E-state index in [0.717, 1.165) is 28.4 Å². The first-order valence-corrected chi connectivity index (χ1v) is 13.4. The highest BCUT2D eigenvalue weighted by atomic mass is 79.9. The van der Waals surface area contributed by atoms with Gasteiger partial charge in [-0.05, 0) is 46.3 Å². The minimum absolute atomic E-state index is 0.277. The first-order valence-electron chi connectivity index (χ1n) is 11.1. The van der Waals surface area contributed by atoms with Crippen LogP contribution >= 0.6 is 15.9 Å². The van der Waals surface area contributed by atoms with Crippen LogP contribution in [0.3, 0.4) is 0 Å². The average Bonchev–Trinajstić information content (AvgIpc) is 3.28. The molecule has 1 N–H and O–H groups in total. The molecule has 1 aliphatic rings. The second-order valence-corrected chi connectivity index (χ2v) is 11.1. The lowest BCUT2D eigenvalue weighted by atomic mass is 10.1. The number of sulfone groups is 1. The van der Waals surface area contributed by atoms with Crippen LogP contribution in [0.2, 0.25) is 0 Å². The number of para-hydroxylation sites is 2. The molecule has 1 aromatic heterocycles. The molecule has 34 heavy (non-hydrogen) atoms. The van der Waals surface area contributed by atoms with E-state index in [1.807, 2.05) is 59.6 Å². The molecule has 6 nitrogen and oxygen atoms in total. The maximum absolute atomic E-state index is 14.1. The summed E-state index contributed by atoms with van der Waals surface area (Å²) in [6, 6.07) is 22.3. The summed E-state index contributed by atoms with van der Waals surface area (Å²) in [5.74, 6) is 0. The monoisotopic (exact) mass is 537 g/mol. The summed E-state index contributed by atoms with van der Waals surface area (Å²) in [6.45, 7) is 2.33. The number of nitrogens with one attached hydrogen (secondary N) is 1. The molecule has 0 aliphatic carbocycles. The summed E-state index contributed by atoms with van der Waals surface area (Å²) in [6.07, 6.45) is 2.69. The van der Waals surface area contributed by atoms with E-state index >= 15 is 0 Å². The maximum Gasteiger partial charge on any atom is 0.199 e. The first-order chi connectivity index (χ1) is 16.5. The van der Waals surface area contributed by atoms with E-state index in [9.17, 15) is 13.2 Å². The molecule has 0 spiro atoms. The van der Waals surface area contributed by atoms with Gasteiger partial charge in [-0.1, -0.05) is 42.5 Å². The Hall–Kier alpha value is -2.94. The summed E-state index contributed by atoms with van der Waals surface area (Å²) < 4.78 is 28.8. The van der Waals surface area contributed by atoms with Crippen LogP contribution in [0.1, 0.15) is 21.3 Å². The van der Waals surface area contributed by atoms with Crippen molar-refractivity contribution >= 4 is 48.6 Å². The fourth-order valence-electron chi connectivity index (χ4n) is 4.73. The third-order valence-corrected chi connectivity index (χ3v) is 9.44. The predicted molar refractivity (Wildman–Crippen MR) is 138 cm³/mol. The van der Waals surface area contributed by atoms with Gasteiger partial charge in [0.2, 0.25) is 0 Å². The standard InChI is InChI=1S/C26H24BrN3O3S/c27-22-9-3-6-12-25(22)34(32,33)26(21-17-28-23-10-4-2-8-20(21)23)30-15-13-29(14-16-30)24-11-5-1-7-19(24)18-31/h1-12,17-18,26,28H,13-16H2. The van der Waals surface area contributed by atoms with Gasteiger partial charge >= 0.3 is 0 Å². The van der Waals surface area contributed by atoms with Crippen molar-refractivity contribution in [3.8, 4) is 0 Å². The lowest BCUT2D eigenvalue weighted by molar-refractivity contribution is 0.112. The summed E-state index contributed by atoms with van der Waals surface area (Å²) in [7, 11) is -3.76. The fraction of sp³-hybridized carbons (Fsp3) is 0.192. The Morgan fingerprint density at radius 1 is 0.882 bits per heavy atom. The van der Waals surface area contributed by atoms with E-state index < -0.39 is 15.2 Å². The van der Waals surface area contributed by atoms with E-state index in [2.05, 4.69) is 25.8 Å². The van der Waals surface area contributed by atoms with Gasteiger partial charge in [-0.25, -0.2) is 8.42 Å². The molecule has 1 aliphatic heterocycles. The van der Waals surface area contributed by atoms with Gasteiger partial charge < -0.3 is 9.88 Å². The normalized spacial score (nSPS) is 16.0. The highest BCUT2D eigenvalue weighted by Crippen LogP contribution is 2.39. The molecule has 0 amide bonds. The largest absolute Gasteiger partial charge is 0.368 e. The van der Waals surface area contributed by atoms with Gasteiger partial charge in [0.1, 0.15) is 5.37 Å². The van der Waals surface area contributed by atoms with Crippen molar-refractivity contribution in [2.75, 3.05) is 31.1 Å². The molecule has 8 heteroatoms. The molecule has 5 rings (SSSR count). The zero-order valence-electron chi connectivity index (χ0n) is 18.4. The first kappa shape index (κ1) is 22.8. The molecule has 1 atom stereocenters. The van der Waals surface area contributed by atoms with Gasteiger partial charge in [0.15, 0.2) is 16.1 Å². The molecule has 1 saturated heterocycles. The van der Waals surface area contributed by atoms with Crippen LogP contribution < -0.4 is 4.90 Å². The van der Waals surface area contributed by atoms with Crippen LogP contribution in [0, 0.1) is 0 Å². The zero-order chi connectivity index (χ0) is 23.7. The van der Waals surface area contributed by atoms with E-state index in [1.54, 1.807) is 24.3 Å². The van der Waals surface area contributed by atoms with Crippen molar-refractivity contribution in [1.29, 1.82) is 0 Å². The second kappa shape index (κ2) is 9.37. The molecule has 1 fully saturated rings. The summed E-state index contributed by atoms with van der Waals surface area (Å²) in [5, 5.41) is 0.0580. The minimum atomic E-state index is -3.76. The van der Waals surface area contributed by atoms with Crippen LogP contribution in [-0.2, 0) is 9.84 Å². The molecule has 4 aromatic rings. The van der Waals surface area contributed by atoms with Gasteiger partial charge in [0, 0.05) is 64.6 Å². The Morgan fingerprint density at radius 3 is 2.32 bits per heavy atom. The minimum Gasteiger partial charge on any atom is -0.368 e. The lowest BCUT2D eigenvalue weighted by Gasteiger charge is -2.40. The molecule has 0 radical (unpaired) electrons. The van der Waals surface area contributed by atoms with Crippen molar-refractivity contribution in [2.45, 2.75) is 10.3 Å². The molecule has 2 heterocycles. The smallest absolute Gasteiger partial charge is 0.199 e. The number of halogens is 1. The van der Waals surface area contributed by atoms with Crippen molar-refractivity contribution in [3.05, 3.63) is 94.6 Å². The summed E-state index contributed by atoms with van der Waals surface area (Å²) >= 11 is 3.45. The molecule has 1 unspecified atom stereocenters. The quantitative estimate of drug-likeness (QED) is 0.349. The summed E-state index contributed by atoms with van der Waals surface area (Å²) in [4.78, 5) is 19.2. The number of aldehydes is 1. The fourth-order valence-corrected chi connectivity index (χ4v) is 7.67. The number of carbonyl (C=O) groups excluding carboxylic acids is 1. The number of benzene rings is 3. The van der Waals surface area contributed by atoms with Crippen LogP contribution in [-0.4, -0.2) is 50.8 Å². The third kappa shape index (κ3) is 4.06. The molecular weight excluding hydrogens is 514 g/mol. The topological polar surface area (TPSA) is 73.5 Å². The summed E-state index contributed by atoms with van der Waals surface area (Å²) in [5.41, 5.74) is 3.18. The Kier molecular flexibility index (Phi) is 6.29. The van der Waals surface area contributed by atoms with Gasteiger partial charge in [-0.2, -0.15) is 0 Å². The number of nitrogens with zero attached hydrogens (tertiary/aromatic N) is 2. The molecule has 3 aromatic carbocycles. The number of fused-ring (bicyclic) bond motifs is 1. The van der Waals surface area contributed by atoms with Crippen LogP contribution in [0.4, 0.5) is 5.69 Å². The van der Waals surface area contributed by atoms with Crippen molar-refractivity contribution in [1.82, 2.24) is 9.88 Å². The number of piperazine rings is 1. The van der Waals surface area contributed by atoms with E-state index in [0.29, 0.717) is 36.2 Å². The Labute approximate surface area is 207 Å². The average molecular weight is 538 g/mol. The molecular formula is C26H24BrN3O3S. The van der Waals surface area contributed by atoms with E-state index in [4.69, 9.17) is 0 Å². The number of rotatable bonds is 6. The molecule has 0 bridgehead atoms. The van der Waals surface area contributed by atoms with Gasteiger partial charge in [0.05, 0.1) is 4.90 Å². The molecule has 174 valence electrons. The number of aromatic nitrogens is 1. The zero-order valence-corrected chi connectivity index (χ0v) is 20.8. The number of H-pyrrole nitrogens is 1. The predicted octanol–water partition coefficient (Wildman–Crippen LogP) is 5.04. The van der Waals surface area contributed by atoms with Crippen LogP contribution in [0.5, 0.6) is 0 Å². The SMILES string of the molecule is O=Cc1ccccc1N1CCN(C(c2c[nH]c3ccccc23)S(=O)(=O)c2ccccc2Br)CC1. The Morgan fingerprint density at radius 2 is 1.56 bits per heavy atom. The van der Waals surface area contributed by atoms with Crippen LogP contribution in [0.15, 0.2) is 88.4 Å². The Balaban J connectivity index is 1.54. The van der Waals surface area contributed by atoms with E-state index in [-0.39, 0.29) is 4.90 Å². The van der Waals surface area contributed by atoms with Gasteiger partial charge in [0.25, 0.3) is 0 Å². The Bertz CT molecular complexity index is 1440. The van der Waals surface area contributed by atoms with Crippen LogP contribution in [0.25, 0.3) is 10.9 Å². The van der Waals surface area contributed by atoms with Gasteiger partial charge in [-0.3, -0.25) is 9.69 Å². The number of aromatic amines is 1. The second-order valence-electron chi connectivity index (χ2n) is 8.32. The van der Waals surface area contributed by atoms with Crippen molar-refractivity contribution in [2.24, 2.45) is 0 Å². The lowest BCUT2D eigenvalue weighted by Crippen LogP contribution is -2.49. The van der Waals surface area contributed by atoms with Gasteiger partial charge in [-0.15, -0.1) is 0 Å². The molecule has 0 saturated carbocycles. The van der Waals surface area contributed by atoms with Crippen molar-refractivity contribution < 1.29 is 13.2 Å². The maximum atomic E-state index is 14.1. The third-order valence-electron chi connectivity index (χ3n) is 6.37. The highest BCUT2D eigenvalue weighted by Gasteiger charge is 2.38. The number of hydrogen-bond donors (Lipinski definition) is 1. The van der Waals surface area contributed by atoms with Crippen molar-refractivity contribution in [3.63, 3.8) is 0 Å².